The molecule has 0 fully saturated rings. The fourth-order valence-electron chi connectivity index (χ4n) is 1.31. The molecule has 0 radical (unpaired) electrons. The van der Waals surface area contributed by atoms with Crippen LogP contribution in [0.3, 0.4) is 0 Å². The summed E-state index contributed by atoms with van der Waals surface area (Å²) in [5, 5.41) is 0. The van der Waals surface area contributed by atoms with E-state index in [1.54, 1.807) is 6.20 Å². The van der Waals surface area contributed by atoms with Crippen molar-refractivity contribution in [3.8, 4) is 17.4 Å². The van der Waals surface area contributed by atoms with E-state index in [2.05, 4.69) is 32.8 Å². The predicted octanol–water partition coefficient (Wildman–Crippen LogP) is 3.82. The number of hydrogen-bond donors (Lipinski definition) is 0. The Hall–Kier alpha value is -1.62. The van der Waals surface area contributed by atoms with E-state index in [1.165, 1.54) is 6.33 Å². The first kappa shape index (κ1) is 12.8. The molecule has 0 saturated heterocycles. The molecule has 0 amide bonds. The molecule has 0 unspecified atom stereocenters. The van der Waals surface area contributed by atoms with Crippen molar-refractivity contribution in [2.24, 2.45) is 0 Å². The van der Waals surface area contributed by atoms with Crippen LogP contribution < -0.4 is 9.47 Å². The molecule has 18 heavy (non-hydrogen) atoms. The van der Waals surface area contributed by atoms with Crippen LogP contribution in [0.4, 0.5) is 0 Å². The molecular formula is C13H13BrN2O2. The molecule has 0 saturated carbocycles. The van der Waals surface area contributed by atoms with E-state index in [4.69, 9.17) is 9.47 Å². The molecule has 0 N–H and O–H groups in total. The van der Waals surface area contributed by atoms with Crippen molar-refractivity contribution in [1.29, 1.82) is 0 Å². The van der Waals surface area contributed by atoms with Gasteiger partial charge in [-0.15, -0.1) is 0 Å². The Labute approximate surface area is 114 Å². The van der Waals surface area contributed by atoms with Crippen molar-refractivity contribution >= 4 is 15.9 Å². The van der Waals surface area contributed by atoms with Crippen LogP contribution in [0.2, 0.25) is 0 Å². The zero-order valence-corrected chi connectivity index (χ0v) is 11.6. The van der Waals surface area contributed by atoms with E-state index in [-0.39, 0.29) is 0 Å². The van der Waals surface area contributed by atoms with E-state index in [9.17, 15) is 0 Å². The molecule has 5 heteroatoms. The monoisotopic (exact) mass is 308 g/mol. The minimum absolute atomic E-state index is 0.493. The number of rotatable bonds is 5. The maximum absolute atomic E-state index is 5.62. The molecule has 2 rings (SSSR count). The Morgan fingerprint density at radius 1 is 1.17 bits per heavy atom. The van der Waals surface area contributed by atoms with Crippen LogP contribution in [-0.4, -0.2) is 16.6 Å². The first-order valence-corrected chi connectivity index (χ1v) is 6.45. The molecule has 0 spiro atoms. The molecule has 0 aliphatic carbocycles. The molecular weight excluding hydrogens is 296 g/mol. The Balaban J connectivity index is 2.04. The summed E-state index contributed by atoms with van der Waals surface area (Å²) >= 11 is 3.33. The third kappa shape index (κ3) is 3.43. The summed E-state index contributed by atoms with van der Waals surface area (Å²) < 4.78 is 11.8. The molecule has 1 aromatic heterocycles. The van der Waals surface area contributed by atoms with Crippen molar-refractivity contribution in [2.45, 2.75) is 13.3 Å². The SMILES string of the molecule is CCCOc1ccc(Oc2ncncc2Br)cc1. The number of nitrogens with zero attached hydrogens (tertiary/aromatic N) is 2. The fraction of sp³-hybridized carbons (Fsp3) is 0.231. The van der Waals surface area contributed by atoms with Gasteiger partial charge in [0.2, 0.25) is 5.88 Å². The number of halogens is 1. The Kier molecular flexibility index (Phi) is 4.52. The second-order valence-electron chi connectivity index (χ2n) is 3.60. The average Bonchev–Trinajstić information content (AvgIpc) is 2.41. The molecule has 1 heterocycles. The van der Waals surface area contributed by atoms with Crippen molar-refractivity contribution in [3.05, 3.63) is 41.3 Å². The summed E-state index contributed by atoms with van der Waals surface area (Å²) in [6.07, 6.45) is 4.08. The van der Waals surface area contributed by atoms with Gasteiger partial charge in [-0.05, 0) is 46.6 Å². The van der Waals surface area contributed by atoms with Crippen LogP contribution in [0.1, 0.15) is 13.3 Å². The second-order valence-corrected chi connectivity index (χ2v) is 4.45. The summed E-state index contributed by atoms with van der Waals surface area (Å²) in [5.74, 6) is 2.04. The second kappa shape index (κ2) is 6.35. The van der Waals surface area contributed by atoms with E-state index < -0.39 is 0 Å². The predicted molar refractivity (Wildman–Crippen MR) is 72.0 cm³/mol. The van der Waals surface area contributed by atoms with Crippen molar-refractivity contribution in [3.63, 3.8) is 0 Å². The maximum Gasteiger partial charge on any atom is 0.236 e. The van der Waals surface area contributed by atoms with Gasteiger partial charge in [-0.2, -0.15) is 0 Å². The van der Waals surface area contributed by atoms with Gasteiger partial charge >= 0.3 is 0 Å². The van der Waals surface area contributed by atoms with Gasteiger partial charge in [0.05, 0.1) is 11.1 Å². The van der Waals surface area contributed by atoms with Crippen LogP contribution in [0.25, 0.3) is 0 Å². The van der Waals surface area contributed by atoms with Crippen molar-refractivity contribution in [1.82, 2.24) is 9.97 Å². The normalized spacial score (nSPS) is 10.1. The van der Waals surface area contributed by atoms with E-state index in [0.717, 1.165) is 23.2 Å². The van der Waals surface area contributed by atoms with E-state index in [0.29, 0.717) is 11.6 Å². The maximum atomic E-state index is 5.62. The van der Waals surface area contributed by atoms with Crippen LogP contribution in [-0.2, 0) is 0 Å². The summed E-state index contributed by atoms with van der Waals surface area (Å²) in [7, 11) is 0. The zero-order valence-electron chi connectivity index (χ0n) is 9.97. The highest BCUT2D eigenvalue weighted by atomic mass is 79.9. The van der Waals surface area contributed by atoms with Gasteiger partial charge in [-0.25, -0.2) is 9.97 Å². The summed E-state index contributed by atoms with van der Waals surface area (Å²) in [4.78, 5) is 7.91. The van der Waals surface area contributed by atoms with Crippen LogP contribution in [0, 0.1) is 0 Å². The number of aromatic nitrogens is 2. The van der Waals surface area contributed by atoms with Crippen LogP contribution in [0.15, 0.2) is 41.3 Å². The van der Waals surface area contributed by atoms with E-state index in [1.807, 2.05) is 24.3 Å². The molecule has 0 atom stereocenters. The van der Waals surface area contributed by atoms with Gasteiger partial charge in [0.25, 0.3) is 0 Å². The molecule has 2 aromatic rings. The van der Waals surface area contributed by atoms with Gasteiger partial charge in [0, 0.05) is 6.20 Å². The third-order valence-electron chi connectivity index (χ3n) is 2.14. The Morgan fingerprint density at radius 2 is 1.89 bits per heavy atom. The lowest BCUT2D eigenvalue weighted by molar-refractivity contribution is 0.317. The Morgan fingerprint density at radius 3 is 2.56 bits per heavy atom. The van der Waals surface area contributed by atoms with Crippen LogP contribution >= 0.6 is 15.9 Å². The third-order valence-corrected chi connectivity index (χ3v) is 2.69. The minimum Gasteiger partial charge on any atom is -0.494 e. The minimum atomic E-state index is 0.493. The lowest BCUT2D eigenvalue weighted by Crippen LogP contribution is -1.95. The van der Waals surface area contributed by atoms with Gasteiger partial charge in [-0.1, -0.05) is 6.92 Å². The average molecular weight is 309 g/mol. The molecule has 0 bridgehead atoms. The molecule has 94 valence electrons. The van der Waals surface area contributed by atoms with Crippen molar-refractivity contribution < 1.29 is 9.47 Å². The zero-order chi connectivity index (χ0) is 12.8. The highest BCUT2D eigenvalue weighted by molar-refractivity contribution is 9.10. The first-order chi connectivity index (χ1) is 8.79. The summed E-state index contributed by atoms with van der Waals surface area (Å²) in [5.41, 5.74) is 0. The molecule has 4 nitrogen and oxygen atoms in total. The largest absolute Gasteiger partial charge is 0.494 e. The van der Waals surface area contributed by atoms with Gasteiger partial charge in [0.15, 0.2) is 0 Å². The lowest BCUT2D eigenvalue weighted by atomic mass is 10.3. The molecule has 0 aliphatic heterocycles. The smallest absolute Gasteiger partial charge is 0.236 e. The quantitative estimate of drug-likeness (QED) is 0.842. The summed E-state index contributed by atoms with van der Waals surface area (Å²) in [6, 6.07) is 7.44. The molecule has 0 aliphatic rings. The standard InChI is InChI=1S/C13H13BrN2O2/c1-2-7-17-10-3-5-11(6-4-10)18-13-12(14)8-15-9-16-13/h3-6,8-9H,2,7H2,1H3. The van der Waals surface area contributed by atoms with Crippen molar-refractivity contribution in [2.75, 3.05) is 6.61 Å². The Bertz CT molecular complexity index is 503. The fourth-order valence-corrected chi connectivity index (χ4v) is 1.61. The van der Waals surface area contributed by atoms with Gasteiger partial charge in [0.1, 0.15) is 17.8 Å². The first-order valence-electron chi connectivity index (χ1n) is 5.66. The lowest BCUT2D eigenvalue weighted by Gasteiger charge is -2.07. The topological polar surface area (TPSA) is 44.2 Å². The van der Waals surface area contributed by atoms with Gasteiger partial charge in [-0.3, -0.25) is 0 Å². The number of benzene rings is 1. The summed E-state index contributed by atoms with van der Waals surface area (Å²) in [6.45, 7) is 2.79. The molecule has 1 aromatic carbocycles. The highest BCUT2D eigenvalue weighted by Gasteiger charge is 2.03. The van der Waals surface area contributed by atoms with Crippen LogP contribution in [0.5, 0.6) is 17.4 Å². The number of hydrogen-bond acceptors (Lipinski definition) is 4. The van der Waals surface area contributed by atoms with Gasteiger partial charge < -0.3 is 9.47 Å². The highest BCUT2D eigenvalue weighted by Crippen LogP contribution is 2.27. The number of ether oxygens (including phenoxy) is 2. The van der Waals surface area contributed by atoms with E-state index >= 15 is 0 Å².